The van der Waals surface area contributed by atoms with Gasteiger partial charge in [-0.25, -0.2) is 28.8 Å². The molecule has 1 aromatic rings. The highest BCUT2D eigenvalue weighted by Gasteiger charge is 2.27. The van der Waals surface area contributed by atoms with Crippen LogP contribution in [0, 0.1) is 0 Å². The number of carboxylic acids is 2. The van der Waals surface area contributed by atoms with Crippen molar-refractivity contribution in [3.05, 3.63) is 58.7 Å². The standard InChI is InChI=1S/C26H30O14/c1-15(2)23(31)37-9-5-35-7-11-39-25(33)19-13-18(22(29)30)20(14-17(19)21(27)28)26(34)40-12-8-36-6-10-38-24(32)16(3)4/h13-14H,1,3,5-12H2,2,4H3,(H,27,28)(H,29,30). The summed E-state index contributed by atoms with van der Waals surface area (Å²) in [5.41, 5.74) is -2.16. The normalized spacial score (nSPS) is 10.2. The maximum atomic E-state index is 12.5. The molecule has 40 heavy (non-hydrogen) atoms. The van der Waals surface area contributed by atoms with Crippen LogP contribution in [0.1, 0.15) is 55.3 Å². The van der Waals surface area contributed by atoms with Crippen LogP contribution in [-0.4, -0.2) is 98.9 Å². The molecule has 0 aliphatic carbocycles. The second-order valence-electron chi connectivity index (χ2n) is 7.88. The number of hydrogen-bond donors (Lipinski definition) is 2. The molecule has 1 rings (SSSR count). The number of esters is 4. The molecule has 0 saturated heterocycles. The molecule has 2 N–H and O–H groups in total. The van der Waals surface area contributed by atoms with Gasteiger partial charge in [-0.1, -0.05) is 13.2 Å². The van der Waals surface area contributed by atoms with Gasteiger partial charge in [-0.3, -0.25) is 0 Å². The third-order valence-corrected chi connectivity index (χ3v) is 4.60. The van der Waals surface area contributed by atoms with Gasteiger partial charge in [0.2, 0.25) is 0 Å². The molecule has 0 aliphatic heterocycles. The highest BCUT2D eigenvalue weighted by molar-refractivity contribution is 6.09. The molecule has 218 valence electrons. The Morgan fingerprint density at radius 1 is 0.550 bits per heavy atom. The van der Waals surface area contributed by atoms with Gasteiger partial charge in [0.1, 0.15) is 26.4 Å². The largest absolute Gasteiger partial charge is 0.478 e. The molecule has 0 saturated carbocycles. The Balaban J connectivity index is 2.73. The fourth-order valence-corrected chi connectivity index (χ4v) is 2.67. The molecule has 0 bridgehead atoms. The summed E-state index contributed by atoms with van der Waals surface area (Å²) in [5.74, 6) is -6.77. The van der Waals surface area contributed by atoms with Crippen LogP contribution in [-0.2, 0) is 38.0 Å². The van der Waals surface area contributed by atoms with E-state index in [1.165, 1.54) is 13.8 Å². The number of aromatic carboxylic acids is 2. The first-order valence-corrected chi connectivity index (χ1v) is 11.7. The lowest BCUT2D eigenvalue weighted by Gasteiger charge is -2.12. The Bertz CT molecular complexity index is 1060. The SMILES string of the molecule is C=C(C)C(=O)OCCOCCOC(=O)c1cc(C(=O)O)c(C(=O)OCCOCCOC(=O)C(=C)C)cc1C(=O)O. The summed E-state index contributed by atoms with van der Waals surface area (Å²) in [7, 11) is 0. The molecular weight excluding hydrogens is 536 g/mol. The topological polar surface area (TPSA) is 198 Å². The molecule has 14 nitrogen and oxygen atoms in total. The van der Waals surface area contributed by atoms with Gasteiger partial charge in [0.25, 0.3) is 0 Å². The number of carboxylic acid groups (broad SMARTS) is 2. The quantitative estimate of drug-likeness (QED) is 0.113. The Labute approximate surface area is 229 Å². The minimum atomic E-state index is -1.62. The Kier molecular flexibility index (Phi) is 14.3. The van der Waals surface area contributed by atoms with Gasteiger partial charge >= 0.3 is 35.8 Å². The molecule has 0 atom stereocenters. The second-order valence-corrected chi connectivity index (χ2v) is 7.88. The summed E-state index contributed by atoms with van der Waals surface area (Å²) in [6, 6.07) is 1.41. The van der Waals surface area contributed by atoms with Crippen LogP contribution in [0.2, 0.25) is 0 Å². The van der Waals surface area contributed by atoms with Crippen LogP contribution >= 0.6 is 0 Å². The first-order chi connectivity index (χ1) is 18.9. The van der Waals surface area contributed by atoms with Gasteiger partial charge in [-0.2, -0.15) is 0 Å². The minimum Gasteiger partial charge on any atom is -0.478 e. The number of rotatable bonds is 18. The van der Waals surface area contributed by atoms with Crippen molar-refractivity contribution in [2.24, 2.45) is 0 Å². The third kappa shape index (κ3) is 11.4. The lowest BCUT2D eigenvalue weighted by molar-refractivity contribution is -0.141. The molecule has 14 heteroatoms. The lowest BCUT2D eigenvalue weighted by atomic mass is 9.98. The summed E-state index contributed by atoms with van der Waals surface area (Å²) in [4.78, 5) is 70.9. The fraction of sp³-hybridized carbons (Fsp3) is 0.385. The van der Waals surface area contributed by atoms with Crippen molar-refractivity contribution in [1.82, 2.24) is 0 Å². The molecule has 0 radical (unpaired) electrons. The predicted molar refractivity (Wildman–Crippen MR) is 134 cm³/mol. The van der Waals surface area contributed by atoms with Crippen LogP contribution in [0.3, 0.4) is 0 Å². The van der Waals surface area contributed by atoms with E-state index < -0.39 is 58.1 Å². The van der Waals surface area contributed by atoms with Crippen LogP contribution in [0.25, 0.3) is 0 Å². The third-order valence-electron chi connectivity index (χ3n) is 4.60. The van der Waals surface area contributed by atoms with Crippen molar-refractivity contribution in [3.63, 3.8) is 0 Å². The van der Waals surface area contributed by atoms with E-state index in [-0.39, 0.29) is 64.0 Å². The van der Waals surface area contributed by atoms with Gasteiger partial charge in [-0.15, -0.1) is 0 Å². The zero-order valence-corrected chi connectivity index (χ0v) is 22.0. The van der Waals surface area contributed by atoms with E-state index in [1.54, 1.807) is 0 Å². The monoisotopic (exact) mass is 566 g/mol. The van der Waals surface area contributed by atoms with Gasteiger partial charge < -0.3 is 38.6 Å². The van der Waals surface area contributed by atoms with Gasteiger partial charge in [0.15, 0.2) is 0 Å². The van der Waals surface area contributed by atoms with E-state index in [1.807, 2.05) is 0 Å². The number of hydrogen-bond acceptors (Lipinski definition) is 12. The smallest absolute Gasteiger partial charge is 0.339 e. The molecule has 1 aromatic carbocycles. The number of ether oxygens (including phenoxy) is 6. The van der Waals surface area contributed by atoms with Crippen molar-refractivity contribution in [2.75, 3.05) is 52.9 Å². The Morgan fingerprint density at radius 2 is 0.850 bits per heavy atom. The summed E-state index contributed by atoms with van der Waals surface area (Å²) < 4.78 is 29.8. The fourth-order valence-electron chi connectivity index (χ4n) is 2.67. The van der Waals surface area contributed by atoms with Crippen molar-refractivity contribution in [1.29, 1.82) is 0 Å². The highest BCUT2D eigenvalue weighted by atomic mass is 16.6. The molecule has 0 unspecified atom stereocenters. The molecular formula is C26H30O14. The molecule has 0 spiro atoms. The maximum Gasteiger partial charge on any atom is 0.339 e. The van der Waals surface area contributed by atoms with Crippen molar-refractivity contribution < 1.29 is 67.4 Å². The van der Waals surface area contributed by atoms with Crippen molar-refractivity contribution >= 4 is 35.8 Å². The molecule has 0 aromatic heterocycles. The van der Waals surface area contributed by atoms with Crippen molar-refractivity contribution in [3.8, 4) is 0 Å². The van der Waals surface area contributed by atoms with Crippen LogP contribution in [0.15, 0.2) is 36.4 Å². The number of carbonyl (C=O) groups is 6. The maximum absolute atomic E-state index is 12.5. The highest BCUT2D eigenvalue weighted by Crippen LogP contribution is 2.20. The molecule has 0 heterocycles. The van der Waals surface area contributed by atoms with Crippen LogP contribution in [0.4, 0.5) is 0 Å². The van der Waals surface area contributed by atoms with Gasteiger partial charge in [-0.05, 0) is 26.0 Å². The first kappa shape index (κ1) is 33.5. The van der Waals surface area contributed by atoms with E-state index in [4.69, 9.17) is 28.4 Å². The number of benzene rings is 1. The van der Waals surface area contributed by atoms with E-state index >= 15 is 0 Å². The molecule has 0 amide bonds. The zero-order chi connectivity index (χ0) is 30.2. The summed E-state index contributed by atoms with van der Waals surface area (Å²) in [5, 5.41) is 19.1. The van der Waals surface area contributed by atoms with Gasteiger partial charge in [0.05, 0.1) is 48.7 Å². The van der Waals surface area contributed by atoms with E-state index in [2.05, 4.69) is 13.2 Å². The van der Waals surface area contributed by atoms with E-state index in [0.717, 1.165) is 0 Å². The number of carbonyl (C=O) groups excluding carboxylic acids is 4. The average molecular weight is 567 g/mol. The first-order valence-electron chi connectivity index (χ1n) is 11.7. The average Bonchev–Trinajstić information content (AvgIpc) is 2.90. The Morgan fingerprint density at radius 3 is 1.12 bits per heavy atom. The summed E-state index contributed by atoms with van der Waals surface area (Å²) >= 11 is 0. The molecule has 0 aliphatic rings. The van der Waals surface area contributed by atoms with E-state index in [0.29, 0.717) is 12.1 Å². The lowest BCUT2D eigenvalue weighted by Crippen LogP contribution is -2.20. The molecule has 0 fully saturated rings. The van der Waals surface area contributed by atoms with Crippen LogP contribution < -0.4 is 0 Å². The minimum absolute atomic E-state index is 0.00951. The summed E-state index contributed by atoms with van der Waals surface area (Å²) in [6.07, 6.45) is 0. The Hall–Kier alpha value is -4.56. The van der Waals surface area contributed by atoms with Crippen molar-refractivity contribution in [2.45, 2.75) is 13.8 Å². The summed E-state index contributed by atoms with van der Waals surface area (Å²) in [6.45, 7) is 8.72. The zero-order valence-electron chi connectivity index (χ0n) is 22.0. The second kappa shape index (κ2) is 17.1. The van der Waals surface area contributed by atoms with Gasteiger partial charge in [0, 0.05) is 11.1 Å². The van der Waals surface area contributed by atoms with E-state index in [9.17, 15) is 39.0 Å². The predicted octanol–water partition coefficient (Wildman–Crippen LogP) is 1.67. The van der Waals surface area contributed by atoms with Crippen LogP contribution in [0.5, 0.6) is 0 Å².